The largest absolute Gasteiger partial charge is 0.444 e. The van der Waals surface area contributed by atoms with Crippen LogP contribution in [-0.4, -0.2) is 59.4 Å². The van der Waals surface area contributed by atoms with E-state index in [2.05, 4.69) is 11.0 Å². The van der Waals surface area contributed by atoms with Gasteiger partial charge in [-0.3, -0.25) is 9.88 Å². The van der Waals surface area contributed by atoms with Gasteiger partial charge in [-0.05, 0) is 39.3 Å². The number of anilines is 1. The Hall–Kier alpha value is -2.67. The molecule has 1 amide bonds. The molecule has 2 aliphatic rings. The minimum absolute atomic E-state index is 0.212. The van der Waals surface area contributed by atoms with Crippen LogP contribution < -0.4 is 4.90 Å². The second-order valence-electron chi connectivity index (χ2n) is 8.56. The predicted molar refractivity (Wildman–Crippen MR) is 112 cm³/mol. The van der Waals surface area contributed by atoms with Gasteiger partial charge in [0.1, 0.15) is 11.4 Å². The van der Waals surface area contributed by atoms with E-state index in [0.717, 1.165) is 41.1 Å². The standard InChI is InChI=1S/C22H28N4O3/c1-15-12-16(18-6-5-7-26(18)21(27)29-22(2,3)4)20-17(13-15)24-19(14-23-20)25-8-10-28-11-9-25/h5-6,12-14,18H,7-11H2,1-4H3. The average molecular weight is 396 g/mol. The molecule has 0 saturated carbocycles. The maximum absolute atomic E-state index is 12.7. The molecule has 7 nitrogen and oxygen atoms in total. The topological polar surface area (TPSA) is 67.8 Å². The van der Waals surface area contributed by atoms with Crippen molar-refractivity contribution < 1.29 is 14.3 Å². The van der Waals surface area contributed by atoms with Gasteiger partial charge >= 0.3 is 6.09 Å². The lowest BCUT2D eigenvalue weighted by atomic mass is 10.0. The molecule has 0 radical (unpaired) electrons. The minimum atomic E-state index is -0.536. The van der Waals surface area contributed by atoms with Gasteiger partial charge < -0.3 is 14.4 Å². The number of morpholine rings is 1. The molecular weight excluding hydrogens is 368 g/mol. The minimum Gasteiger partial charge on any atom is -0.444 e. The monoisotopic (exact) mass is 396 g/mol. The number of aryl methyl sites for hydroxylation is 1. The third-order valence-electron chi connectivity index (χ3n) is 5.05. The summed E-state index contributed by atoms with van der Waals surface area (Å²) in [5, 5.41) is 0. The zero-order valence-electron chi connectivity index (χ0n) is 17.5. The number of carbonyl (C=O) groups excluding carboxylic acids is 1. The second-order valence-corrected chi connectivity index (χ2v) is 8.56. The molecule has 0 spiro atoms. The van der Waals surface area contributed by atoms with E-state index in [1.165, 1.54) is 0 Å². The van der Waals surface area contributed by atoms with Crippen LogP contribution in [0.1, 0.15) is 37.9 Å². The van der Waals surface area contributed by atoms with Crippen LogP contribution in [-0.2, 0) is 9.47 Å². The number of benzene rings is 1. The van der Waals surface area contributed by atoms with Crippen molar-refractivity contribution in [3.05, 3.63) is 41.6 Å². The van der Waals surface area contributed by atoms with Gasteiger partial charge in [-0.1, -0.05) is 18.2 Å². The van der Waals surface area contributed by atoms with Crippen LogP contribution in [0.4, 0.5) is 10.6 Å². The second kappa shape index (κ2) is 7.63. The van der Waals surface area contributed by atoms with E-state index in [1.807, 2.05) is 52.1 Å². The third kappa shape index (κ3) is 4.19. The van der Waals surface area contributed by atoms with Crippen molar-refractivity contribution >= 4 is 22.9 Å². The Morgan fingerprint density at radius 1 is 1.24 bits per heavy atom. The van der Waals surface area contributed by atoms with Crippen molar-refractivity contribution in [3.8, 4) is 0 Å². The molecule has 29 heavy (non-hydrogen) atoms. The lowest BCUT2D eigenvalue weighted by Gasteiger charge is -2.29. The quantitative estimate of drug-likeness (QED) is 0.722. The van der Waals surface area contributed by atoms with Gasteiger partial charge in [0.2, 0.25) is 0 Å². The molecule has 2 aromatic rings. The zero-order valence-corrected chi connectivity index (χ0v) is 17.5. The van der Waals surface area contributed by atoms with Crippen LogP contribution in [0.15, 0.2) is 30.5 Å². The number of nitrogens with zero attached hydrogens (tertiary/aromatic N) is 4. The fourth-order valence-corrected chi connectivity index (χ4v) is 3.76. The van der Waals surface area contributed by atoms with Gasteiger partial charge in [-0.25, -0.2) is 9.78 Å². The average Bonchev–Trinajstić information content (AvgIpc) is 3.16. The van der Waals surface area contributed by atoms with Crippen molar-refractivity contribution in [3.63, 3.8) is 0 Å². The molecule has 7 heteroatoms. The van der Waals surface area contributed by atoms with Crippen LogP contribution in [0.5, 0.6) is 0 Å². The number of fused-ring (bicyclic) bond motifs is 1. The van der Waals surface area contributed by atoms with Crippen LogP contribution >= 0.6 is 0 Å². The van der Waals surface area contributed by atoms with Crippen LogP contribution in [0.2, 0.25) is 0 Å². The van der Waals surface area contributed by atoms with Crippen molar-refractivity contribution in [1.82, 2.24) is 14.9 Å². The summed E-state index contributed by atoms with van der Waals surface area (Å²) >= 11 is 0. The van der Waals surface area contributed by atoms with Crippen LogP contribution in [0.3, 0.4) is 0 Å². The van der Waals surface area contributed by atoms with E-state index < -0.39 is 5.60 Å². The number of hydrogen-bond acceptors (Lipinski definition) is 6. The molecule has 154 valence electrons. The molecule has 4 rings (SSSR count). The van der Waals surface area contributed by atoms with Crippen molar-refractivity contribution in [1.29, 1.82) is 0 Å². The molecule has 0 N–H and O–H groups in total. The highest BCUT2D eigenvalue weighted by Crippen LogP contribution is 2.33. The summed E-state index contributed by atoms with van der Waals surface area (Å²) in [7, 11) is 0. The van der Waals surface area contributed by atoms with E-state index in [1.54, 1.807) is 4.90 Å². The summed E-state index contributed by atoms with van der Waals surface area (Å²) in [6.07, 6.45) is 5.54. The summed E-state index contributed by atoms with van der Waals surface area (Å²) < 4.78 is 11.0. The fraction of sp³-hybridized carbons (Fsp3) is 0.500. The van der Waals surface area contributed by atoms with E-state index in [4.69, 9.17) is 19.4 Å². The molecule has 1 unspecified atom stereocenters. The highest BCUT2D eigenvalue weighted by atomic mass is 16.6. The number of ether oxygens (including phenoxy) is 2. The van der Waals surface area contributed by atoms with Gasteiger partial charge in [0.15, 0.2) is 0 Å². The molecule has 1 aromatic carbocycles. The number of rotatable bonds is 2. The third-order valence-corrected chi connectivity index (χ3v) is 5.05. The Labute approximate surface area is 171 Å². The maximum Gasteiger partial charge on any atom is 0.411 e. The van der Waals surface area contributed by atoms with Gasteiger partial charge in [0.25, 0.3) is 0 Å². The molecule has 0 bridgehead atoms. The fourth-order valence-electron chi connectivity index (χ4n) is 3.76. The molecule has 1 aromatic heterocycles. The van der Waals surface area contributed by atoms with Crippen molar-refractivity contribution in [2.75, 3.05) is 37.7 Å². The van der Waals surface area contributed by atoms with Gasteiger partial charge in [-0.2, -0.15) is 0 Å². The molecule has 1 fully saturated rings. The Kier molecular flexibility index (Phi) is 5.17. The number of carbonyl (C=O) groups is 1. The van der Waals surface area contributed by atoms with E-state index in [0.29, 0.717) is 19.8 Å². The predicted octanol–water partition coefficient (Wildman–Crippen LogP) is 3.62. The van der Waals surface area contributed by atoms with Gasteiger partial charge in [0.05, 0.1) is 36.5 Å². The SMILES string of the molecule is Cc1cc(C2C=CCN2C(=O)OC(C)(C)C)c2ncc(N3CCOCC3)nc2c1. The number of hydrogen-bond donors (Lipinski definition) is 0. The molecule has 3 heterocycles. The zero-order chi connectivity index (χ0) is 20.6. The molecule has 2 aliphatic heterocycles. The van der Waals surface area contributed by atoms with Crippen LogP contribution in [0, 0.1) is 6.92 Å². The Morgan fingerprint density at radius 2 is 2.00 bits per heavy atom. The molecular formula is C22H28N4O3. The van der Waals surface area contributed by atoms with E-state index >= 15 is 0 Å². The lowest BCUT2D eigenvalue weighted by molar-refractivity contribution is 0.0241. The van der Waals surface area contributed by atoms with Gasteiger partial charge in [-0.15, -0.1) is 0 Å². The van der Waals surface area contributed by atoms with E-state index in [9.17, 15) is 4.79 Å². The first-order valence-corrected chi connectivity index (χ1v) is 10.1. The van der Waals surface area contributed by atoms with Crippen LogP contribution in [0.25, 0.3) is 11.0 Å². The Bertz CT molecular complexity index is 945. The Balaban J connectivity index is 1.69. The first kappa shape index (κ1) is 19.6. The highest BCUT2D eigenvalue weighted by molar-refractivity contribution is 5.82. The summed E-state index contributed by atoms with van der Waals surface area (Å²) in [6.45, 7) is 11.2. The number of aromatic nitrogens is 2. The normalized spacial score (nSPS) is 19.8. The van der Waals surface area contributed by atoms with Gasteiger partial charge in [0, 0.05) is 25.2 Å². The summed E-state index contributed by atoms with van der Waals surface area (Å²) in [4.78, 5) is 26.3. The first-order chi connectivity index (χ1) is 13.8. The summed E-state index contributed by atoms with van der Waals surface area (Å²) in [5.41, 5.74) is 3.18. The smallest absolute Gasteiger partial charge is 0.411 e. The summed E-state index contributed by atoms with van der Waals surface area (Å²) in [6, 6.07) is 3.92. The van der Waals surface area contributed by atoms with Crippen molar-refractivity contribution in [2.45, 2.75) is 39.3 Å². The molecule has 0 aliphatic carbocycles. The van der Waals surface area contributed by atoms with Crippen molar-refractivity contribution in [2.24, 2.45) is 0 Å². The number of amides is 1. The maximum atomic E-state index is 12.7. The highest BCUT2D eigenvalue weighted by Gasteiger charge is 2.31. The first-order valence-electron chi connectivity index (χ1n) is 10.1. The lowest BCUT2D eigenvalue weighted by Crippen LogP contribution is -2.37. The Morgan fingerprint density at radius 3 is 2.72 bits per heavy atom. The molecule has 1 atom stereocenters. The van der Waals surface area contributed by atoms with E-state index in [-0.39, 0.29) is 12.1 Å². The summed E-state index contributed by atoms with van der Waals surface area (Å²) in [5.74, 6) is 0.864. The molecule has 1 saturated heterocycles.